The third kappa shape index (κ3) is 1.61. The summed E-state index contributed by atoms with van der Waals surface area (Å²) in [4.78, 5) is 0. The summed E-state index contributed by atoms with van der Waals surface area (Å²) in [6.45, 7) is 0. The van der Waals surface area contributed by atoms with Gasteiger partial charge in [0.05, 0.1) is 12.7 Å². The van der Waals surface area contributed by atoms with Crippen LogP contribution in [0.25, 0.3) is 0 Å². The molecule has 0 radical (unpaired) electrons. The van der Waals surface area contributed by atoms with E-state index in [1.807, 2.05) is 6.07 Å². The molecule has 0 amide bonds. The highest BCUT2D eigenvalue weighted by atomic mass is 16.5. The predicted octanol–water partition coefficient (Wildman–Crippen LogP) is 2.26. The van der Waals surface area contributed by atoms with Gasteiger partial charge in [0, 0.05) is 16.7 Å². The molecule has 0 atom stereocenters. The second-order valence-corrected chi connectivity index (χ2v) is 5.17. The van der Waals surface area contributed by atoms with Crippen LogP contribution in [0.5, 0.6) is 11.5 Å². The zero-order valence-corrected chi connectivity index (χ0v) is 10.1. The number of fused-ring (bicyclic) bond motifs is 1. The van der Waals surface area contributed by atoms with Crippen LogP contribution in [0.3, 0.4) is 0 Å². The number of phenolic OH excluding ortho intramolecular Hbond substituents is 1. The molecule has 0 saturated heterocycles. The average Bonchev–Trinajstić information content (AvgIpc) is 3.09. The number of methoxy groups -OCH3 is 1. The van der Waals surface area contributed by atoms with Crippen molar-refractivity contribution in [1.82, 2.24) is 0 Å². The monoisotopic (exact) mass is 234 g/mol. The van der Waals surface area contributed by atoms with Crippen LogP contribution in [-0.2, 0) is 18.4 Å². The fraction of sp³-hybridized carbons (Fsp3) is 0.571. The highest BCUT2D eigenvalue weighted by molar-refractivity contribution is 5.56. The van der Waals surface area contributed by atoms with Crippen LogP contribution in [0.15, 0.2) is 6.07 Å². The maximum absolute atomic E-state index is 10.3. The van der Waals surface area contributed by atoms with Crippen molar-refractivity contribution in [3.05, 3.63) is 22.8 Å². The molecule has 2 N–H and O–H groups in total. The van der Waals surface area contributed by atoms with E-state index in [1.165, 1.54) is 0 Å². The molecular formula is C14H18O3. The molecule has 1 aromatic rings. The molecule has 1 aromatic carbocycles. The molecule has 92 valence electrons. The van der Waals surface area contributed by atoms with E-state index in [9.17, 15) is 10.2 Å². The molecule has 2 aliphatic carbocycles. The molecule has 2 aliphatic rings. The quantitative estimate of drug-likeness (QED) is 0.825. The van der Waals surface area contributed by atoms with E-state index in [2.05, 4.69) is 0 Å². The van der Waals surface area contributed by atoms with Gasteiger partial charge in [0.15, 0.2) is 0 Å². The van der Waals surface area contributed by atoms with Gasteiger partial charge in [-0.15, -0.1) is 0 Å². The molecule has 0 aromatic heterocycles. The number of benzene rings is 1. The summed E-state index contributed by atoms with van der Waals surface area (Å²) in [6, 6.07) is 1.83. The second-order valence-electron chi connectivity index (χ2n) is 5.17. The first kappa shape index (κ1) is 10.9. The lowest BCUT2D eigenvalue weighted by atomic mass is 9.87. The maximum atomic E-state index is 10.3. The third-order valence-corrected chi connectivity index (χ3v) is 4.03. The van der Waals surface area contributed by atoms with Crippen LogP contribution in [0.4, 0.5) is 0 Å². The zero-order chi connectivity index (χ0) is 12.0. The van der Waals surface area contributed by atoms with Gasteiger partial charge in [-0.3, -0.25) is 0 Å². The largest absolute Gasteiger partial charge is 0.507 e. The molecule has 17 heavy (non-hydrogen) atoms. The summed E-state index contributed by atoms with van der Waals surface area (Å²) in [5, 5.41) is 20.5. The number of phenols is 1. The first-order valence-corrected chi connectivity index (χ1v) is 6.30. The molecule has 1 saturated carbocycles. The molecule has 3 rings (SSSR count). The van der Waals surface area contributed by atoms with E-state index < -0.39 is 5.60 Å². The molecule has 3 heteroatoms. The fourth-order valence-corrected chi connectivity index (χ4v) is 2.81. The second kappa shape index (κ2) is 3.64. The van der Waals surface area contributed by atoms with Crippen molar-refractivity contribution < 1.29 is 14.9 Å². The number of aliphatic hydroxyl groups is 1. The Hall–Kier alpha value is -1.22. The Labute approximate surface area is 101 Å². The summed E-state index contributed by atoms with van der Waals surface area (Å²) in [6.07, 6.45) is 5.58. The first-order chi connectivity index (χ1) is 8.15. The van der Waals surface area contributed by atoms with Crippen molar-refractivity contribution in [3.8, 4) is 11.5 Å². The van der Waals surface area contributed by atoms with Crippen LogP contribution in [0, 0.1) is 0 Å². The topological polar surface area (TPSA) is 49.7 Å². The van der Waals surface area contributed by atoms with Crippen LogP contribution < -0.4 is 4.74 Å². The SMILES string of the molecule is COc1cc(C2(O)CC2)c(O)c2c1CCCC2. The minimum atomic E-state index is -0.802. The molecule has 0 spiro atoms. The Bertz CT molecular complexity index is 461. The number of aromatic hydroxyl groups is 1. The summed E-state index contributed by atoms with van der Waals surface area (Å²) < 4.78 is 5.41. The number of hydrogen-bond donors (Lipinski definition) is 2. The van der Waals surface area contributed by atoms with E-state index in [1.54, 1.807) is 7.11 Å². The zero-order valence-electron chi connectivity index (χ0n) is 10.1. The van der Waals surface area contributed by atoms with E-state index in [0.717, 1.165) is 55.4 Å². The van der Waals surface area contributed by atoms with Gasteiger partial charge in [-0.1, -0.05) is 0 Å². The van der Waals surface area contributed by atoms with Crippen molar-refractivity contribution in [1.29, 1.82) is 0 Å². The third-order valence-electron chi connectivity index (χ3n) is 4.03. The van der Waals surface area contributed by atoms with E-state index in [0.29, 0.717) is 11.3 Å². The van der Waals surface area contributed by atoms with Gasteiger partial charge in [-0.05, 0) is 44.6 Å². The van der Waals surface area contributed by atoms with Crippen molar-refractivity contribution in [2.24, 2.45) is 0 Å². The maximum Gasteiger partial charge on any atom is 0.125 e. The van der Waals surface area contributed by atoms with Gasteiger partial charge < -0.3 is 14.9 Å². The molecular weight excluding hydrogens is 216 g/mol. The highest BCUT2D eigenvalue weighted by Crippen LogP contribution is 2.52. The van der Waals surface area contributed by atoms with Crippen LogP contribution in [0.1, 0.15) is 42.4 Å². The molecule has 3 nitrogen and oxygen atoms in total. The van der Waals surface area contributed by atoms with Crippen LogP contribution in [-0.4, -0.2) is 17.3 Å². The minimum absolute atomic E-state index is 0.306. The highest BCUT2D eigenvalue weighted by Gasteiger charge is 2.45. The predicted molar refractivity (Wildman–Crippen MR) is 64.4 cm³/mol. The van der Waals surface area contributed by atoms with Gasteiger partial charge in [-0.2, -0.15) is 0 Å². The smallest absolute Gasteiger partial charge is 0.125 e. The Morgan fingerprint density at radius 2 is 1.82 bits per heavy atom. The lowest BCUT2D eigenvalue weighted by molar-refractivity contribution is 0.147. The van der Waals surface area contributed by atoms with Crippen molar-refractivity contribution >= 4 is 0 Å². The number of rotatable bonds is 2. The summed E-state index contributed by atoms with van der Waals surface area (Å²) in [5.41, 5.74) is 1.98. The van der Waals surface area contributed by atoms with E-state index >= 15 is 0 Å². The number of ether oxygens (including phenoxy) is 1. The van der Waals surface area contributed by atoms with Crippen LogP contribution >= 0.6 is 0 Å². The standard InChI is InChI=1S/C14H18O3/c1-17-12-8-11(14(16)6-7-14)13(15)10-5-3-2-4-9(10)12/h8,15-16H,2-7H2,1H3. The lowest BCUT2D eigenvalue weighted by Crippen LogP contribution is -2.11. The van der Waals surface area contributed by atoms with E-state index in [-0.39, 0.29) is 0 Å². The Morgan fingerprint density at radius 3 is 2.41 bits per heavy atom. The molecule has 0 aliphatic heterocycles. The minimum Gasteiger partial charge on any atom is -0.507 e. The van der Waals surface area contributed by atoms with Gasteiger partial charge in [-0.25, -0.2) is 0 Å². The normalized spacial score (nSPS) is 20.8. The fourth-order valence-electron chi connectivity index (χ4n) is 2.81. The molecule has 0 unspecified atom stereocenters. The van der Waals surface area contributed by atoms with Gasteiger partial charge in [0.1, 0.15) is 11.5 Å². The molecule has 0 heterocycles. The summed E-state index contributed by atoms with van der Waals surface area (Å²) >= 11 is 0. The molecule has 0 bridgehead atoms. The Balaban J connectivity index is 2.18. The average molecular weight is 234 g/mol. The van der Waals surface area contributed by atoms with E-state index in [4.69, 9.17) is 4.74 Å². The van der Waals surface area contributed by atoms with Gasteiger partial charge in [0.25, 0.3) is 0 Å². The van der Waals surface area contributed by atoms with Crippen molar-refractivity contribution in [2.45, 2.75) is 44.1 Å². The number of hydrogen-bond acceptors (Lipinski definition) is 3. The Morgan fingerprint density at radius 1 is 1.18 bits per heavy atom. The van der Waals surface area contributed by atoms with Crippen molar-refractivity contribution in [3.63, 3.8) is 0 Å². The lowest BCUT2D eigenvalue weighted by Gasteiger charge is -2.23. The molecule has 1 fully saturated rings. The summed E-state index contributed by atoms with van der Waals surface area (Å²) in [7, 11) is 1.65. The summed E-state index contributed by atoms with van der Waals surface area (Å²) in [5.74, 6) is 1.13. The first-order valence-electron chi connectivity index (χ1n) is 6.30. The van der Waals surface area contributed by atoms with Crippen LogP contribution in [0.2, 0.25) is 0 Å². The van der Waals surface area contributed by atoms with Crippen molar-refractivity contribution in [2.75, 3.05) is 7.11 Å². The van der Waals surface area contributed by atoms with Gasteiger partial charge in [0.2, 0.25) is 0 Å². The van der Waals surface area contributed by atoms with Gasteiger partial charge >= 0.3 is 0 Å². The Kier molecular flexibility index (Phi) is 2.33.